The number of nitrogens with two attached hydrogens (primary N) is 1. The molecule has 1 aliphatic rings. The van der Waals surface area contributed by atoms with Gasteiger partial charge in [0, 0.05) is 24.0 Å². The first-order valence-electron chi connectivity index (χ1n) is 6.67. The zero-order valence-corrected chi connectivity index (χ0v) is 10.8. The van der Waals surface area contributed by atoms with Gasteiger partial charge < -0.3 is 5.73 Å². The summed E-state index contributed by atoms with van der Waals surface area (Å²) in [6, 6.07) is 6.24. The van der Waals surface area contributed by atoms with Gasteiger partial charge in [0.25, 0.3) is 0 Å². The third-order valence-electron chi connectivity index (χ3n) is 3.63. The monoisotopic (exact) mass is 241 g/mol. The molecule has 0 spiro atoms. The van der Waals surface area contributed by atoms with E-state index in [1.165, 1.54) is 29.5 Å². The zero-order chi connectivity index (χ0) is 12.5. The van der Waals surface area contributed by atoms with Gasteiger partial charge in [0.15, 0.2) is 0 Å². The van der Waals surface area contributed by atoms with Crippen LogP contribution in [0.2, 0.25) is 0 Å². The molecule has 0 radical (unpaired) electrons. The highest BCUT2D eigenvalue weighted by Crippen LogP contribution is 2.31. The van der Waals surface area contributed by atoms with Crippen LogP contribution in [0, 0.1) is 5.92 Å². The molecule has 0 atom stereocenters. The number of benzene rings is 1. The maximum atomic E-state index is 5.94. The van der Waals surface area contributed by atoms with E-state index in [4.69, 9.17) is 5.73 Å². The Kier molecular flexibility index (Phi) is 2.82. The van der Waals surface area contributed by atoms with Crippen LogP contribution >= 0.6 is 0 Å². The molecule has 2 aromatic rings. The van der Waals surface area contributed by atoms with E-state index in [0.717, 1.165) is 24.6 Å². The fourth-order valence-corrected chi connectivity index (χ4v) is 2.27. The van der Waals surface area contributed by atoms with E-state index in [1.807, 2.05) is 12.3 Å². The molecule has 0 saturated heterocycles. The average molecular weight is 241 g/mol. The van der Waals surface area contributed by atoms with E-state index >= 15 is 0 Å². The molecule has 0 bridgehead atoms. The molecular formula is C15H19N3. The van der Waals surface area contributed by atoms with Crippen LogP contribution < -0.4 is 5.73 Å². The van der Waals surface area contributed by atoms with Crippen LogP contribution in [0.4, 0.5) is 5.69 Å². The Morgan fingerprint density at radius 3 is 2.89 bits per heavy atom. The Morgan fingerprint density at radius 1 is 1.33 bits per heavy atom. The quantitative estimate of drug-likeness (QED) is 0.836. The van der Waals surface area contributed by atoms with Gasteiger partial charge in [0.1, 0.15) is 0 Å². The fraction of sp³-hybridized carbons (Fsp3) is 0.400. The van der Waals surface area contributed by atoms with Gasteiger partial charge in [-0.3, -0.25) is 4.68 Å². The normalized spacial score (nSPS) is 14.9. The van der Waals surface area contributed by atoms with Crippen molar-refractivity contribution in [2.75, 3.05) is 5.73 Å². The minimum absolute atomic E-state index is 0.857. The fourth-order valence-electron chi connectivity index (χ4n) is 2.27. The molecule has 1 heterocycles. The summed E-state index contributed by atoms with van der Waals surface area (Å²) < 4.78 is 2.06. The number of hydrogen-bond donors (Lipinski definition) is 1. The van der Waals surface area contributed by atoms with Gasteiger partial charge in [-0.25, -0.2) is 0 Å². The average Bonchev–Trinajstić information content (AvgIpc) is 3.06. The van der Waals surface area contributed by atoms with Crippen molar-refractivity contribution in [2.24, 2.45) is 5.92 Å². The summed E-state index contributed by atoms with van der Waals surface area (Å²) >= 11 is 0. The summed E-state index contributed by atoms with van der Waals surface area (Å²) in [5.74, 6) is 0.857. The number of nitrogen functional groups attached to an aromatic ring is 1. The number of rotatable bonds is 4. The first-order chi connectivity index (χ1) is 8.76. The first-order valence-corrected chi connectivity index (χ1v) is 6.67. The van der Waals surface area contributed by atoms with Crippen LogP contribution in [0.25, 0.3) is 11.1 Å². The van der Waals surface area contributed by atoms with Crippen molar-refractivity contribution in [3.63, 3.8) is 0 Å². The van der Waals surface area contributed by atoms with Gasteiger partial charge in [-0.05, 0) is 48.4 Å². The number of hydrogen-bond acceptors (Lipinski definition) is 2. The Bertz CT molecular complexity index is 553. The molecule has 3 heteroatoms. The van der Waals surface area contributed by atoms with E-state index in [9.17, 15) is 0 Å². The van der Waals surface area contributed by atoms with Crippen LogP contribution in [0.5, 0.6) is 0 Å². The van der Waals surface area contributed by atoms with Crippen molar-refractivity contribution in [1.29, 1.82) is 0 Å². The maximum absolute atomic E-state index is 5.94. The van der Waals surface area contributed by atoms with E-state index in [0.29, 0.717) is 0 Å². The lowest BCUT2D eigenvalue weighted by Gasteiger charge is -2.05. The van der Waals surface area contributed by atoms with E-state index in [1.54, 1.807) is 0 Å². The number of anilines is 1. The Labute approximate surface area is 108 Å². The molecule has 1 aromatic carbocycles. The van der Waals surface area contributed by atoms with Gasteiger partial charge in [-0.15, -0.1) is 0 Å². The van der Waals surface area contributed by atoms with Crippen molar-refractivity contribution in [3.8, 4) is 11.1 Å². The number of aromatic nitrogens is 2. The zero-order valence-electron chi connectivity index (χ0n) is 10.8. The lowest BCUT2D eigenvalue weighted by Crippen LogP contribution is -1.99. The number of aryl methyl sites for hydroxylation is 1. The SMILES string of the molecule is CCc1cc(-c2cnn(CC3CC3)c2)ccc1N. The molecule has 1 fully saturated rings. The van der Waals surface area contributed by atoms with Crippen molar-refractivity contribution in [3.05, 3.63) is 36.2 Å². The Balaban J connectivity index is 1.86. The Morgan fingerprint density at radius 2 is 2.17 bits per heavy atom. The smallest absolute Gasteiger partial charge is 0.0568 e. The molecule has 3 nitrogen and oxygen atoms in total. The largest absolute Gasteiger partial charge is 0.399 e. The van der Waals surface area contributed by atoms with E-state index in [-0.39, 0.29) is 0 Å². The summed E-state index contributed by atoms with van der Waals surface area (Å²) in [5, 5.41) is 4.44. The second-order valence-electron chi connectivity index (χ2n) is 5.16. The van der Waals surface area contributed by atoms with Crippen molar-refractivity contribution in [1.82, 2.24) is 9.78 Å². The molecule has 1 saturated carbocycles. The van der Waals surface area contributed by atoms with Crippen LogP contribution in [0.15, 0.2) is 30.6 Å². The molecule has 0 unspecified atom stereocenters. The van der Waals surface area contributed by atoms with Crippen molar-refractivity contribution >= 4 is 5.69 Å². The standard InChI is InChI=1S/C15H19N3/c1-2-12-7-13(5-6-15(12)16)14-8-17-18(10-14)9-11-3-4-11/h5-8,10-11H,2-4,9,16H2,1H3. The van der Waals surface area contributed by atoms with Gasteiger partial charge in [-0.1, -0.05) is 13.0 Å². The predicted molar refractivity (Wildman–Crippen MR) is 74.2 cm³/mol. The molecule has 18 heavy (non-hydrogen) atoms. The highest BCUT2D eigenvalue weighted by Gasteiger charge is 2.22. The summed E-state index contributed by atoms with van der Waals surface area (Å²) in [7, 11) is 0. The molecule has 1 aromatic heterocycles. The van der Waals surface area contributed by atoms with E-state index < -0.39 is 0 Å². The first kappa shape index (κ1) is 11.3. The van der Waals surface area contributed by atoms with Crippen LogP contribution in [0.3, 0.4) is 0 Å². The third kappa shape index (κ3) is 2.26. The molecule has 2 N–H and O–H groups in total. The number of nitrogens with zero attached hydrogens (tertiary/aromatic N) is 2. The predicted octanol–water partition coefficient (Wildman–Crippen LogP) is 3.10. The topological polar surface area (TPSA) is 43.8 Å². The van der Waals surface area contributed by atoms with Crippen LogP contribution in [0.1, 0.15) is 25.3 Å². The van der Waals surface area contributed by atoms with Gasteiger partial charge in [0.2, 0.25) is 0 Å². The molecule has 94 valence electrons. The lowest BCUT2D eigenvalue weighted by atomic mass is 10.0. The summed E-state index contributed by atoms with van der Waals surface area (Å²) in [6.45, 7) is 3.20. The molecule has 3 rings (SSSR count). The van der Waals surface area contributed by atoms with Crippen molar-refractivity contribution in [2.45, 2.75) is 32.7 Å². The van der Waals surface area contributed by atoms with E-state index in [2.05, 4.69) is 35.0 Å². The molecule has 1 aliphatic carbocycles. The summed E-state index contributed by atoms with van der Waals surface area (Å²) in [4.78, 5) is 0. The highest BCUT2D eigenvalue weighted by molar-refractivity contribution is 5.66. The van der Waals surface area contributed by atoms with Gasteiger partial charge in [-0.2, -0.15) is 5.10 Å². The third-order valence-corrected chi connectivity index (χ3v) is 3.63. The summed E-state index contributed by atoms with van der Waals surface area (Å²) in [6.07, 6.45) is 7.78. The Hall–Kier alpha value is -1.77. The minimum atomic E-state index is 0.857. The second kappa shape index (κ2) is 4.48. The minimum Gasteiger partial charge on any atom is -0.399 e. The second-order valence-corrected chi connectivity index (χ2v) is 5.16. The van der Waals surface area contributed by atoms with Gasteiger partial charge >= 0.3 is 0 Å². The molecule has 0 amide bonds. The lowest BCUT2D eigenvalue weighted by molar-refractivity contribution is 0.563. The van der Waals surface area contributed by atoms with Crippen LogP contribution in [-0.4, -0.2) is 9.78 Å². The summed E-state index contributed by atoms with van der Waals surface area (Å²) in [5.41, 5.74) is 10.4. The molecule has 0 aliphatic heterocycles. The molecular weight excluding hydrogens is 222 g/mol. The van der Waals surface area contributed by atoms with Crippen LogP contribution in [-0.2, 0) is 13.0 Å². The maximum Gasteiger partial charge on any atom is 0.0568 e. The highest BCUT2D eigenvalue weighted by atomic mass is 15.3. The van der Waals surface area contributed by atoms with Gasteiger partial charge in [0.05, 0.1) is 6.20 Å². The van der Waals surface area contributed by atoms with Crippen molar-refractivity contribution < 1.29 is 0 Å².